The van der Waals surface area contributed by atoms with Crippen LogP contribution in [0, 0.1) is 0 Å². The molecule has 2 aromatic carbocycles. The Balaban J connectivity index is 1.55. The van der Waals surface area contributed by atoms with Crippen molar-refractivity contribution in [1.29, 1.82) is 0 Å². The Hall–Kier alpha value is -3.26. The second-order valence-electron chi connectivity index (χ2n) is 7.75. The zero-order valence-electron chi connectivity index (χ0n) is 17.9. The molecule has 0 radical (unpaired) electrons. The maximum Gasteiger partial charge on any atom is 0.336 e. The van der Waals surface area contributed by atoms with Gasteiger partial charge in [0.2, 0.25) is 9.84 Å². The van der Waals surface area contributed by atoms with Gasteiger partial charge >= 0.3 is 5.24 Å². The van der Waals surface area contributed by atoms with Crippen molar-refractivity contribution in [3.63, 3.8) is 0 Å². The molecule has 1 saturated heterocycles. The minimum absolute atomic E-state index is 0.162. The average molecular weight is 451 g/mol. The SMILES string of the molecule is CCS(=O)(=O)C(=O)NC1CCN(c2cnc(-c3ccccc3)c(-c3ccccc3)n2)CC1. The van der Waals surface area contributed by atoms with Crippen LogP contribution < -0.4 is 10.2 Å². The molecule has 1 N–H and O–H groups in total. The van der Waals surface area contributed by atoms with Gasteiger partial charge in [0, 0.05) is 30.3 Å². The van der Waals surface area contributed by atoms with Crippen LogP contribution in [0.1, 0.15) is 19.8 Å². The van der Waals surface area contributed by atoms with Crippen LogP contribution in [0.25, 0.3) is 22.5 Å². The van der Waals surface area contributed by atoms with Gasteiger partial charge < -0.3 is 10.2 Å². The summed E-state index contributed by atoms with van der Waals surface area (Å²) < 4.78 is 23.5. The first kappa shape index (κ1) is 22.0. The highest BCUT2D eigenvalue weighted by Crippen LogP contribution is 2.31. The fourth-order valence-electron chi connectivity index (χ4n) is 3.78. The van der Waals surface area contributed by atoms with E-state index in [-0.39, 0.29) is 11.8 Å². The molecule has 8 heteroatoms. The highest BCUT2D eigenvalue weighted by molar-refractivity contribution is 8.05. The van der Waals surface area contributed by atoms with E-state index >= 15 is 0 Å². The number of hydrogen-bond acceptors (Lipinski definition) is 6. The van der Waals surface area contributed by atoms with Crippen molar-refractivity contribution < 1.29 is 13.2 Å². The molecule has 0 unspecified atom stereocenters. The Morgan fingerprint density at radius 3 is 2.09 bits per heavy atom. The summed E-state index contributed by atoms with van der Waals surface area (Å²) in [5.41, 5.74) is 3.64. The summed E-state index contributed by atoms with van der Waals surface area (Å²) in [7, 11) is -3.72. The quantitative estimate of drug-likeness (QED) is 0.633. The maximum absolute atomic E-state index is 12.0. The molecule has 166 valence electrons. The molecule has 4 rings (SSSR count). The van der Waals surface area contributed by atoms with E-state index in [1.54, 1.807) is 6.20 Å². The van der Waals surface area contributed by atoms with E-state index in [1.165, 1.54) is 6.92 Å². The molecule has 2 heterocycles. The van der Waals surface area contributed by atoms with Crippen molar-refractivity contribution in [2.75, 3.05) is 23.7 Å². The average Bonchev–Trinajstić information content (AvgIpc) is 2.85. The number of benzene rings is 2. The number of carbonyl (C=O) groups is 1. The van der Waals surface area contributed by atoms with E-state index < -0.39 is 15.1 Å². The summed E-state index contributed by atoms with van der Waals surface area (Å²) >= 11 is 0. The molecule has 1 fully saturated rings. The molecule has 1 aromatic heterocycles. The van der Waals surface area contributed by atoms with Gasteiger partial charge in [-0.25, -0.2) is 13.4 Å². The number of amides is 1. The predicted molar refractivity (Wildman–Crippen MR) is 126 cm³/mol. The van der Waals surface area contributed by atoms with Crippen LogP contribution >= 0.6 is 0 Å². The minimum Gasteiger partial charge on any atom is -0.355 e. The first-order chi connectivity index (χ1) is 15.5. The third kappa shape index (κ3) is 4.80. The minimum atomic E-state index is -3.72. The number of anilines is 1. The van der Waals surface area contributed by atoms with Crippen molar-refractivity contribution in [1.82, 2.24) is 15.3 Å². The summed E-state index contributed by atoms with van der Waals surface area (Å²) in [5.74, 6) is 0.581. The largest absolute Gasteiger partial charge is 0.355 e. The lowest BCUT2D eigenvalue weighted by Crippen LogP contribution is -2.46. The normalized spacial score (nSPS) is 14.8. The Kier molecular flexibility index (Phi) is 6.50. The van der Waals surface area contributed by atoms with Gasteiger partial charge in [0.25, 0.3) is 0 Å². The number of sulfone groups is 1. The zero-order chi connectivity index (χ0) is 22.6. The monoisotopic (exact) mass is 450 g/mol. The van der Waals surface area contributed by atoms with Crippen LogP contribution in [0.3, 0.4) is 0 Å². The van der Waals surface area contributed by atoms with Gasteiger partial charge in [-0.1, -0.05) is 67.6 Å². The van der Waals surface area contributed by atoms with Crippen molar-refractivity contribution in [3.8, 4) is 22.5 Å². The lowest BCUT2D eigenvalue weighted by Gasteiger charge is -2.33. The third-order valence-corrected chi connectivity index (χ3v) is 7.10. The molecule has 0 atom stereocenters. The second kappa shape index (κ2) is 9.48. The summed E-state index contributed by atoms with van der Waals surface area (Å²) in [4.78, 5) is 23.8. The Morgan fingerprint density at radius 2 is 1.53 bits per heavy atom. The smallest absolute Gasteiger partial charge is 0.336 e. The number of carbonyl (C=O) groups excluding carboxylic acids is 1. The highest BCUT2D eigenvalue weighted by Gasteiger charge is 2.27. The standard InChI is InChI=1S/C24H26N4O3S/c1-2-32(30,31)24(29)26-20-13-15-28(16-14-20)21-17-25-22(18-9-5-3-6-10-18)23(27-21)19-11-7-4-8-12-19/h3-12,17,20H,2,13-16H2,1H3,(H,26,29). The van der Waals surface area contributed by atoms with Gasteiger partial charge in [0.15, 0.2) is 0 Å². The van der Waals surface area contributed by atoms with Crippen molar-refractivity contribution in [2.45, 2.75) is 25.8 Å². The van der Waals surface area contributed by atoms with Crippen LogP contribution in [0.15, 0.2) is 66.9 Å². The molecule has 1 aliphatic heterocycles. The van der Waals surface area contributed by atoms with Crippen LogP contribution in [-0.4, -0.2) is 48.5 Å². The fraction of sp³-hybridized carbons (Fsp3) is 0.292. The summed E-state index contributed by atoms with van der Waals surface area (Å²) in [6, 6.07) is 19.8. The topological polar surface area (TPSA) is 92.3 Å². The second-order valence-corrected chi connectivity index (χ2v) is 9.93. The van der Waals surface area contributed by atoms with Gasteiger partial charge in [-0.05, 0) is 12.8 Å². The van der Waals surface area contributed by atoms with Gasteiger partial charge in [0.1, 0.15) is 5.82 Å². The van der Waals surface area contributed by atoms with Crippen LogP contribution in [0.2, 0.25) is 0 Å². The van der Waals surface area contributed by atoms with Crippen molar-refractivity contribution in [3.05, 3.63) is 66.9 Å². The first-order valence-electron chi connectivity index (χ1n) is 10.7. The number of rotatable bonds is 5. The number of aromatic nitrogens is 2. The molecule has 0 spiro atoms. The lowest BCUT2D eigenvalue weighted by molar-refractivity contribution is 0.252. The van der Waals surface area contributed by atoms with E-state index in [0.29, 0.717) is 25.9 Å². The van der Waals surface area contributed by atoms with E-state index in [0.717, 1.165) is 28.3 Å². The van der Waals surface area contributed by atoms with Crippen LogP contribution in [-0.2, 0) is 9.84 Å². The first-order valence-corrected chi connectivity index (χ1v) is 12.4. The fourth-order valence-corrected chi connectivity index (χ4v) is 4.39. The van der Waals surface area contributed by atoms with Crippen LogP contribution in [0.5, 0.6) is 0 Å². The number of piperidine rings is 1. The molecule has 0 bridgehead atoms. The summed E-state index contributed by atoms with van der Waals surface area (Å²) in [5, 5.41) is 1.78. The Bertz CT molecular complexity index is 1180. The van der Waals surface area contributed by atoms with Gasteiger partial charge in [-0.3, -0.25) is 9.78 Å². The molecule has 1 amide bonds. The molecule has 32 heavy (non-hydrogen) atoms. The molecular weight excluding hydrogens is 424 g/mol. The number of nitrogens with one attached hydrogen (secondary N) is 1. The maximum atomic E-state index is 12.0. The van der Waals surface area contributed by atoms with Crippen molar-refractivity contribution in [2.24, 2.45) is 0 Å². The lowest BCUT2D eigenvalue weighted by atomic mass is 10.0. The number of hydrogen-bond donors (Lipinski definition) is 1. The molecular formula is C24H26N4O3S. The summed E-state index contributed by atoms with van der Waals surface area (Å²) in [6.45, 7) is 2.79. The zero-order valence-corrected chi connectivity index (χ0v) is 18.8. The van der Waals surface area contributed by atoms with E-state index in [4.69, 9.17) is 9.97 Å². The molecule has 7 nitrogen and oxygen atoms in total. The number of nitrogens with zero attached hydrogens (tertiary/aromatic N) is 3. The third-order valence-electron chi connectivity index (χ3n) is 5.66. The van der Waals surface area contributed by atoms with E-state index in [1.807, 2.05) is 60.7 Å². The molecule has 0 saturated carbocycles. The van der Waals surface area contributed by atoms with Gasteiger partial charge in [0.05, 0.1) is 23.3 Å². The van der Waals surface area contributed by atoms with Gasteiger partial charge in [-0.15, -0.1) is 0 Å². The molecule has 1 aliphatic rings. The van der Waals surface area contributed by atoms with E-state index in [9.17, 15) is 13.2 Å². The Morgan fingerprint density at radius 1 is 0.969 bits per heavy atom. The molecule has 3 aromatic rings. The predicted octanol–water partition coefficient (Wildman–Crippen LogP) is 3.92. The van der Waals surface area contributed by atoms with Crippen molar-refractivity contribution >= 4 is 20.9 Å². The van der Waals surface area contributed by atoms with Crippen LogP contribution in [0.4, 0.5) is 10.6 Å². The summed E-state index contributed by atoms with van der Waals surface area (Å²) in [6.07, 6.45) is 3.08. The molecule has 0 aliphatic carbocycles. The van der Waals surface area contributed by atoms with Gasteiger partial charge in [-0.2, -0.15) is 0 Å². The highest BCUT2D eigenvalue weighted by atomic mass is 32.2. The Labute approximate surface area is 188 Å². The van der Waals surface area contributed by atoms with E-state index in [2.05, 4.69) is 10.2 Å².